The maximum absolute atomic E-state index is 11.4. The Hall–Kier alpha value is -0.650. The topological polar surface area (TPSA) is 87.0 Å². The Morgan fingerprint density at radius 3 is 2.35 bits per heavy atom. The molecule has 1 fully saturated rings. The van der Waals surface area contributed by atoms with Gasteiger partial charge in [-0.1, -0.05) is 0 Å². The second-order valence-electron chi connectivity index (χ2n) is 4.99. The van der Waals surface area contributed by atoms with Gasteiger partial charge in [-0.3, -0.25) is 4.79 Å². The van der Waals surface area contributed by atoms with E-state index in [0.717, 1.165) is 0 Å². The highest BCUT2D eigenvalue weighted by atomic mass is 16.5. The van der Waals surface area contributed by atoms with E-state index in [0.29, 0.717) is 19.3 Å². The van der Waals surface area contributed by atoms with Gasteiger partial charge in [-0.05, 0) is 39.5 Å². The van der Waals surface area contributed by atoms with E-state index >= 15 is 0 Å². The molecule has 0 amide bonds. The van der Waals surface area contributed by atoms with Crippen LogP contribution >= 0.6 is 0 Å². The van der Waals surface area contributed by atoms with E-state index < -0.39 is 23.8 Å². The summed E-state index contributed by atoms with van der Waals surface area (Å²) >= 11 is 0. The van der Waals surface area contributed by atoms with Crippen molar-refractivity contribution in [2.24, 2.45) is 0 Å². The molecular weight excluding hydrogens is 224 g/mol. The zero-order valence-electron chi connectivity index (χ0n) is 10.4. The van der Waals surface area contributed by atoms with Crippen LogP contribution in [0.5, 0.6) is 0 Å². The summed E-state index contributed by atoms with van der Waals surface area (Å²) in [6.07, 6.45) is -0.529. The summed E-state index contributed by atoms with van der Waals surface area (Å²) in [6, 6.07) is 0. The zero-order valence-corrected chi connectivity index (χ0v) is 10.4. The highest BCUT2D eigenvalue weighted by Gasteiger charge is 2.45. The smallest absolute Gasteiger partial charge is 0.306 e. The van der Waals surface area contributed by atoms with Gasteiger partial charge >= 0.3 is 5.97 Å². The molecule has 5 nitrogen and oxygen atoms in total. The quantitative estimate of drug-likeness (QED) is 0.623. The Kier molecular flexibility index (Phi) is 4.91. The van der Waals surface area contributed by atoms with Crippen molar-refractivity contribution in [3.05, 3.63) is 0 Å². The van der Waals surface area contributed by atoms with Crippen LogP contribution < -0.4 is 0 Å². The van der Waals surface area contributed by atoms with E-state index in [-0.39, 0.29) is 18.9 Å². The van der Waals surface area contributed by atoms with Crippen molar-refractivity contribution in [2.75, 3.05) is 0 Å². The largest absolute Gasteiger partial charge is 0.463 e. The number of hydrogen-bond donors (Lipinski definition) is 3. The maximum atomic E-state index is 11.4. The van der Waals surface area contributed by atoms with Crippen LogP contribution in [0.4, 0.5) is 0 Å². The van der Waals surface area contributed by atoms with Crippen LogP contribution in [0.3, 0.4) is 0 Å². The number of hydrogen-bond acceptors (Lipinski definition) is 5. The third kappa shape index (κ3) is 3.66. The van der Waals surface area contributed by atoms with Crippen LogP contribution in [0.1, 0.15) is 46.0 Å². The van der Waals surface area contributed by atoms with Crippen molar-refractivity contribution in [3.63, 3.8) is 0 Å². The first-order chi connectivity index (χ1) is 7.86. The summed E-state index contributed by atoms with van der Waals surface area (Å²) < 4.78 is 4.94. The molecule has 17 heavy (non-hydrogen) atoms. The molecular formula is C12H22O5. The summed E-state index contributed by atoms with van der Waals surface area (Å²) in [4.78, 5) is 11.4. The lowest BCUT2D eigenvalue weighted by Gasteiger charge is -2.40. The highest BCUT2D eigenvalue weighted by Crippen LogP contribution is 2.32. The normalized spacial score (nSPS) is 28.1. The number of rotatable bonds is 4. The lowest BCUT2D eigenvalue weighted by atomic mass is 9.77. The average molecular weight is 246 g/mol. The van der Waals surface area contributed by atoms with Crippen molar-refractivity contribution >= 4 is 5.97 Å². The first-order valence-electron chi connectivity index (χ1n) is 6.14. The standard InChI is InChI=1S/C12H22O5/c1-8(2)17-11(15)6-7-12(16)9(13)4-3-5-10(12)14/h8-10,13-14,16H,3-7H2,1-2H3/t9-,10-/m0/s1. The molecule has 0 aliphatic heterocycles. The molecule has 1 rings (SSSR count). The second-order valence-corrected chi connectivity index (χ2v) is 4.99. The Labute approximate surface area is 101 Å². The van der Waals surface area contributed by atoms with E-state index in [1.54, 1.807) is 13.8 Å². The monoisotopic (exact) mass is 246 g/mol. The second kappa shape index (κ2) is 5.80. The van der Waals surface area contributed by atoms with Gasteiger partial charge in [-0.2, -0.15) is 0 Å². The number of aliphatic hydroxyl groups is 3. The number of carbonyl (C=O) groups is 1. The van der Waals surface area contributed by atoms with Crippen LogP contribution in [-0.4, -0.2) is 45.2 Å². The Bertz CT molecular complexity index is 254. The molecule has 0 unspecified atom stereocenters. The van der Waals surface area contributed by atoms with Crippen molar-refractivity contribution in [1.82, 2.24) is 0 Å². The number of aliphatic hydroxyl groups excluding tert-OH is 2. The van der Waals surface area contributed by atoms with Gasteiger partial charge in [-0.15, -0.1) is 0 Å². The van der Waals surface area contributed by atoms with Crippen molar-refractivity contribution in [3.8, 4) is 0 Å². The zero-order chi connectivity index (χ0) is 13.1. The van der Waals surface area contributed by atoms with E-state index in [9.17, 15) is 20.1 Å². The maximum Gasteiger partial charge on any atom is 0.306 e. The molecule has 5 heteroatoms. The first-order valence-corrected chi connectivity index (χ1v) is 6.14. The van der Waals surface area contributed by atoms with E-state index in [4.69, 9.17) is 4.74 Å². The predicted molar refractivity (Wildman–Crippen MR) is 61.3 cm³/mol. The van der Waals surface area contributed by atoms with Gasteiger partial charge in [0.2, 0.25) is 0 Å². The SMILES string of the molecule is CC(C)OC(=O)CCC1(O)[C@@H](O)CCC[C@@H]1O. The number of esters is 1. The molecule has 1 aliphatic rings. The van der Waals surface area contributed by atoms with Crippen molar-refractivity contribution in [2.45, 2.75) is 69.9 Å². The molecule has 0 aromatic heterocycles. The van der Waals surface area contributed by atoms with Gasteiger partial charge in [0.25, 0.3) is 0 Å². The average Bonchev–Trinajstić information content (AvgIpc) is 2.22. The summed E-state index contributed by atoms with van der Waals surface area (Å²) in [5, 5.41) is 29.6. The van der Waals surface area contributed by atoms with Crippen LogP contribution in [0.15, 0.2) is 0 Å². The summed E-state index contributed by atoms with van der Waals surface area (Å²) in [6.45, 7) is 3.49. The summed E-state index contributed by atoms with van der Waals surface area (Å²) in [5.74, 6) is -0.418. The minimum Gasteiger partial charge on any atom is -0.463 e. The van der Waals surface area contributed by atoms with Gasteiger partial charge < -0.3 is 20.1 Å². The molecule has 1 aliphatic carbocycles. The van der Waals surface area contributed by atoms with E-state index in [2.05, 4.69) is 0 Å². The minimum atomic E-state index is -1.58. The molecule has 2 atom stereocenters. The molecule has 0 aromatic carbocycles. The van der Waals surface area contributed by atoms with Crippen molar-refractivity contribution in [1.29, 1.82) is 0 Å². The van der Waals surface area contributed by atoms with Gasteiger partial charge in [0.05, 0.1) is 18.3 Å². The van der Waals surface area contributed by atoms with Crippen LogP contribution in [0.25, 0.3) is 0 Å². The highest BCUT2D eigenvalue weighted by molar-refractivity contribution is 5.69. The fourth-order valence-corrected chi connectivity index (χ4v) is 2.18. The number of ether oxygens (including phenoxy) is 1. The molecule has 0 aromatic rings. The molecule has 0 spiro atoms. The van der Waals surface area contributed by atoms with E-state index in [1.807, 2.05) is 0 Å². The Morgan fingerprint density at radius 1 is 1.35 bits per heavy atom. The van der Waals surface area contributed by atoms with Crippen LogP contribution in [0, 0.1) is 0 Å². The number of carbonyl (C=O) groups excluding carboxylic acids is 1. The molecule has 3 N–H and O–H groups in total. The first kappa shape index (κ1) is 14.4. The molecule has 100 valence electrons. The van der Waals surface area contributed by atoms with Gasteiger partial charge in [0.15, 0.2) is 0 Å². The lowest BCUT2D eigenvalue weighted by molar-refractivity contribution is -0.176. The van der Waals surface area contributed by atoms with Gasteiger partial charge in [0.1, 0.15) is 5.60 Å². The molecule has 0 radical (unpaired) electrons. The molecule has 1 saturated carbocycles. The van der Waals surface area contributed by atoms with Gasteiger partial charge in [0, 0.05) is 6.42 Å². The Morgan fingerprint density at radius 2 is 1.88 bits per heavy atom. The predicted octanol–water partition coefficient (Wildman–Crippen LogP) is 0.355. The molecule has 0 bridgehead atoms. The van der Waals surface area contributed by atoms with Crippen LogP contribution in [0.2, 0.25) is 0 Å². The summed E-state index contributed by atoms with van der Waals surface area (Å²) in [5.41, 5.74) is -1.58. The molecule has 0 saturated heterocycles. The third-order valence-electron chi connectivity index (χ3n) is 3.21. The summed E-state index contributed by atoms with van der Waals surface area (Å²) in [7, 11) is 0. The lowest BCUT2D eigenvalue weighted by Crippen LogP contribution is -2.55. The van der Waals surface area contributed by atoms with Crippen LogP contribution in [-0.2, 0) is 9.53 Å². The van der Waals surface area contributed by atoms with Crippen molar-refractivity contribution < 1.29 is 24.9 Å². The van der Waals surface area contributed by atoms with Gasteiger partial charge in [-0.25, -0.2) is 0 Å². The fraction of sp³-hybridized carbons (Fsp3) is 0.917. The Balaban J connectivity index is 2.50. The molecule has 0 heterocycles. The third-order valence-corrected chi connectivity index (χ3v) is 3.21. The van der Waals surface area contributed by atoms with E-state index in [1.165, 1.54) is 0 Å². The minimum absolute atomic E-state index is 0.00278. The fourth-order valence-electron chi connectivity index (χ4n) is 2.18.